The van der Waals surface area contributed by atoms with Crippen molar-refractivity contribution in [2.24, 2.45) is 5.92 Å². The van der Waals surface area contributed by atoms with Crippen molar-refractivity contribution in [1.29, 1.82) is 0 Å². The molecule has 0 aromatic carbocycles. The first-order valence-corrected chi connectivity index (χ1v) is 9.48. The second-order valence-electron chi connectivity index (χ2n) is 5.60. The summed E-state index contributed by atoms with van der Waals surface area (Å²) < 4.78 is 25.1. The van der Waals surface area contributed by atoms with Gasteiger partial charge in [0, 0.05) is 30.6 Å². The number of rotatable bonds is 3. The number of piperidine rings is 1. The first-order valence-electron chi connectivity index (χ1n) is 6.75. The van der Waals surface area contributed by atoms with Gasteiger partial charge in [-0.05, 0) is 36.8 Å². The second kappa shape index (κ2) is 5.16. The molecule has 0 saturated carbocycles. The minimum absolute atomic E-state index is 0.408. The molecule has 3 rings (SSSR count). The van der Waals surface area contributed by atoms with E-state index in [1.54, 1.807) is 15.6 Å². The van der Waals surface area contributed by atoms with Crippen molar-refractivity contribution in [2.45, 2.75) is 25.4 Å². The van der Waals surface area contributed by atoms with Crippen molar-refractivity contribution in [3.05, 3.63) is 22.4 Å². The molecule has 2 fully saturated rings. The van der Waals surface area contributed by atoms with Crippen LogP contribution in [0.5, 0.6) is 0 Å². The topological polar surface area (TPSA) is 40.6 Å². The summed E-state index contributed by atoms with van der Waals surface area (Å²) in [6.45, 7) is 3.45. The molecule has 1 aromatic heterocycles. The third-order valence-electron chi connectivity index (χ3n) is 4.27. The summed E-state index contributed by atoms with van der Waals surface area (Å²) >= 11 is 1.78. The minimum atomic E-state index is -3.04. The van der Waals surface area contributed by atoms with Crippen LogP contribution in [0.4, 0.5) is 0 Å². The highest BCUT2D eigenvalue weighted by Gasteiger charge is 2.41. The Bertz CT molecular complexity index is 527. The number of thiophene rings is 1. The van der Waals surface area contributed by atoms with Crippen LogP contribution in [0.1, 0.15) is 17.7 Å². The van der Waals surface area contributed by atoms with Crippen molar-refractivity contribution >= 4 is 21.4 Å². The van der Waals surface area contributed by atoms with Crippen LogP contribution in [-0.4, -0.2) is 49.6 Å². The zero-order chi connectivity index (χ0) is 13.5. The third kappa shape index (κ3) is 2.86. The third-order valence-corrected chi connectivity index (χ3v) is 6.37. The van der Waals surface area contributed by atoms with E-state index < -0.39 is 10.0 Å². The van der Waals surface area contributed by atoms with Gasteiger partial charge in [0.1, 0.15) is 0 Å². The maximum Gasteiger partial charge on any atom is 0.211 e. The molecule has 0 bridgehead atoms. The molecule has 3 heterocycles. The van der Waals surface area contributed by atoms with E-state index in [2.05, 4.69) is 22.4 Å². The van der Waals surface area contributed by atoms with Gasteiger partial charge in [-0.3, -0.25) is 4.90 Å². The molecule has 0 aliphatic carbocycles. The molecule has 1 aromatic rings. The standard InChI is InChI=1S/C13H20N2O2S2/c1-19(16,17)15-8-11-4-2-6-14(13(11)10-15)9-12-5-3-7-18-12/h3,5,7,11,13H,2,4,6,8-10H2,1H3/t11-,13+/m1/s1. The van der Waals surface area contributed by atoms with Gasteiger partial charge in [0.25, 0.3) is 0 Å². The summed E-state index contributed by atoms with van der Waals surface area (Å²) in [6.07, 6.45) is 3.68. The molecule has 0 amide bonds. The van der Waals surface area contributed by atoms with Crippen LogP contribution >= 0.6 is 11.3 Å². The van der Waals surface area contributed by atoms with Crippen LogP contribution in [0.2, 0.25) is 0 Å². The van der Waals surface area contributed by atoms with Gasteiger partial charge in [-0.1, -0.05) is 6.07 Å². The lowest BCUT2D eigenvalue weighted by Crippen LogP contribution is -2.44. The Morgan fingerprint density at radius 2 is 2.26 bits per heavy atom. The number of likely N-dealkylation sites (tertiary alicyclic amines) is 1. The van der Waals surface area contributed by atoms with Crippen molar-refractivity contribution in [1.82, 2.24) is 9.21 Å². The van der Waals surface area contributed by atoms with E-state index in [1.165, 1.54) is 17.6 Å². The van der Waals surface area contributed by atoms with Gasteiger partial charge in [-0.15, -0.1) is 11.3 Å². The molecule has 0 unspecified atom stereocenters. The summed E-state index contributed by atoms with van der Waals surface area (Å²) in [5, 5.41) is 2.11. The molecule has 2 saturated heterocycles. The summed E-state index contributed by atoms with van der Waals surface area (Å²) in [4.78, 5) is 3.85. The van der Waals surface area contributed by atoms with E-state index in [-0.39, 0.29) is 0 Å². The molecule has 6 heteroatoms. The summed E-state index contributed by atoms with van der Waals surface area (Å²) in [7, 11) is -3.04. The fraction of sp³-hybridized carbons (Fsp3) is 0.692. The maximum atomic E-state index is 11.7. The fourth-order valence-electron chi connectivity index (χ4n) is 3.30. The lowest BCUT2D eigenvalue weighted by molar-refractivity contribution is 0.118. The fourth-order valence-corrected chi connectivity index (χ4v) is 4.92. The van der Waals surface area contributed by atoms with Gasteiger partial charge in [0.05, 0.1) is 6.26 Å². The van der Waals surface area contributed by atoms with E-state index in [0.717, 1.165) is 19.5 Å². The lowest BCUT2D eigenvalue weighted by Gasteiger charge is -2.36. The SMILES string of the molecule is CS(=O)(=O)N1C[C@H]2CCCN(Cc3cccs3)[C@H]2C1. The summed E-state index contributed by atoms with van der Waals surface area (Å²) in [5.41, 5.74) is 0. The van der Waals surface area contributed by atoms with E-state index in [4.69, 9.17) is 0 Å². The first kappa shape index (κ1) is 13.5. The van der Waals surface area contributed by atoms with Crippen LogP contribution in [-0.2, 0) is 16.6 Å². The molecule has 2 aliphatic rings. The summed E-state index contributed by atoms with van der Waals surface area (Å²) in [6, 6.07) is 4.65. The number of sulfonamides is 1. The minimum Gasteiger partial charge on any atom is -0.294 e. The van der Waals surface area contributed by atoms with Crippen LogP contribution < -0.4 is 0 Å². The zero-order valence-electron chi connectivity index (χ0n) is 11.2. The monoisotopic (exact) mass is 300 g/mol. The number of hydrogen-bond acceptors (Lipinski definition) is 4. The Balaban J connectivity index is 1.73. The molecule has 0 spiro atoms. The molecule has 2 atom stereocenters. The largest absolute Gasteiger partial charge is 0.294 e. The van der Waals surface area contributed by atoms with E-state index in [1.807, 2.05) is 0 Å². The Morgan fingerprint density at radius 3 is 2.95 bits per heavy atom. The highest BCUT2D eigenvalue weighted by Crippen LogP contribution is 2.33. The molecule has 2 aliphatic heterocycles. The maximum absolute atomic E-state index is 11.7. The van der Waals surface area contributed by atoms with Gasteiger partial charge in [-0.25, -0.2) is 12.7 Å². The predicted octanol–water partition coefficient (Wildman–Crippen LogP) is 1.60. The van der Waals surface area contributed by atoms with Gasteiger partial charge in [-0.2, -0.15) is 0 Å². The summed E-state index contributed by atoms with van der Waals surface area (Å²) in [5.74, 6) is 0.517. The normalized spacial score (nSPS) is 29.5. The van der Waals surface area contributed by atoms with E-state index in [0.29, 0.717) is 25.0 Å². The van der Waals surface area contributed by atoms with E-state index in [9.17, 15) is 8.42 Å². The van der Waals surface area contributed by atoms with Crippen LogP contribution in [0, 0.1) is 5.92 Å². The molecular weight excluding hydrogens is 280 g/mol. The first-order chi connectivity index (χ1) is 9.04. The van der Waals surface area contributed by atoms with Crippen LogP contribution in [0.25, 0.3) is 0 Å². The number of nitrogens with zero attached hydrogens (tertiary/aromatic N) is 2. The Morgan fingerprint density at radius 1 is 1.42 bits per heavy atom. The Labute approximate surface area is 119 Å². The number of fused-ring (bicyclic) bond motifs is 1. The quantitative estimate of drug-likeness (QED) is 0.851. The van der Waals surface area contributed by atoms with Crippen molar-refractivity contribution in [2.75, 3.05) is 25.9 Å². The van der Waals surface area contributed by atoms with Gasteiger partial charge in [0.15, 0.2) is 0 Å². The molecular formula is C13H20N2O2S2. The average molecular weight is 300 g/mol. The van der Waals surface area contributed by atoms with Crippen molar-refractivity contribution < 1.29 is 8.42 Å². The predicted molar refractivity (Wildman–Crippen MR) is 77.7 cm³/mol. The van der Waals surface area contributed by atoms with E-state index >= 15 is 0 Å². The molecule has 19 heavy (non-hydrogen) atoms. The second-order valence-corrected chi connectivity index (χ2v) is 8.61. The zero-order valence-corrected chi connectivity index (χ0v) is 12.8. The Hall–Kier alpha value is -0.430. The van der Waals surface area contributed by atoms with Crippen LogP contribution in [0.15, 0.2) is 17.5 Å². The van der Waals surface area contributed by atoms with Gasteiger partial charge in [0.2, 0.25) is 10.0 Å². The smallest absolute Gasteiger partial charge is 0.211 e. The highest BCUT2D eigenvalue weighted by molar-refractivity contribution is 7.88. The van der Waals surface area contributed by atoms with Gasteiger partial charge >= 0.3 is 0 Å². The molecule has 0 radical (unpaired) electrons. The highest BCUT2D eigenvalue weighted by atomic mass is 32.2. The molecule has 4 nitrogen and oxygen atoms in total. The van der Waals surface area contributed by atoms with Crippen molar-refractivity contribution in [3.8, 4) is 0 Å². The molecule has 0 N–H and O–H groups in total. The van der Waals surface area contributed by atoms with Crippen LogP contribution in [0.3, 0.4) is 0 Å². The lowest BCUT2D eigenvalue weighted by atomic mass is 9.92. The molecule has 106 valence electrons. The number of hydrogen-bond donors (Lipinski definition) is 0. The van der Waals surface area contributed by atoms with Gasteiger partial charge < -0.3 is 0 Å². The van der Waals surface area contributed by atoms with Crippen molar-refractivity contribution in [3.63, 3.8) is 0 Å². The Kier molecular flexibility index (Phi) is 3.68. The average Bonchev–Trinajstić information content (AvgIpc) is 2.96.